The van der Waals surface area contributed by atoms with Crippen LogP contribution in [0.4, 0.5) is 14.5 Å². The summed E-state index contributed by atoms with van der Waals surface area (Å²) in [6, 6.07) is 12.0. The molecule has 7 nitrogen and oxygen atoms in total. The molecule has 0 unspecified atom stereocenters. The summed E-state index contributed by atoms with van der Waals surface area (Å²) in [6.45, 7) is 2.72. The molecular weight excluding hydrogens is 490 g/mol. The van der Waals surface area contributed by atoms with Crippen molar-refractivity contribution in [2.45, 2.75) is 49.7 Å². The Labute approximate surface area is 218 Å². The number of aromatic nitrogens is 1. The second-order valence-electron chi connectivity index (χ2n) is 10.5. The van der Waals surface area contributed by atoms with Crippen molar-refractivity contribution in [2.24, 2.45) is 5.73 Å². The lowest BCUT2D eigenvalue weighted by molar-refractivity contribution is -0.134. The Morgan fingerprint density at radius 1 is 1.29 bits per heavy atom. The number of para-hydroxylation sites is 1. The molecule has 3 atom stereocenters. The molecular formula is C29H26F2N4O3. The number of carbonyl (C=O) groups excluding carboxylic acids is 3. The molecule has 0 aliphatic carbocycles. The molecule has 0 saturated carbocycles. The predicted octanol–water partition coefficient (Wildman–Crippen LogP) is 3.82. The average molecular weight is 517 g/mol. The highest BCUT2D eigenvalue weighted by Crippen LogP contribution is 2.47. The van der Waals surface area contributed by atoms with Crippen LogP contribution in [0.15, 0.2) is 48.5 Å². The van der Waals surface area contributed by atoms with Crippen molar-refractivity contribution < 1.29 is 23.2 Å². The highest BCUT2D eigenvalue weighted by Gasteiger charge is 2.56. The summed E-state index contributed by atoms with van der Waals surface area (Å²) >= 11 is 0. The van der Waals surface area contributed by atoms with Gasteiger partial charge in [-0.15, -0.1) is 6.42 Å². The zero-order valence-corrected chi connectivity index (χ0v) is 20.9. The van der Waals surface area contributed by atoms with E-state index >= 15 is 4.39 Å². The first kappa shape index (κ1) is 25.3. The van der Waals surface area contributed by atoms with E-state index in [9.17, 15) is 18.8 Å². The molecule has 1 fully saturated rings. The number of carbonyl (C=O) groups is 3. The second-order valence-corrected chi connectivity index (χ2v) is 10.5. The number of pyridine rings is 1. The quantitative estimate of drug-likeness (QED) is 0.503. The van der Waals surface area contributed by atoms with Gasteiger partial charge in [0.2, 0.25) is 17.7 Å². The number of anilines is 1. The second kappa shape index (κ2) is 8.91. The maximum Gasteiger partial charge on any atom is 0.248 e. The standard InChI is InChI=1S/C29H26F2N4O3/c1-4-18-13-29(20-7-5-6-8-23(20)34-27(29)38)15-35(18)26(37)19(14-28(2,3)31)22-10-9-16-11-17(25(32)36)12-21(30)24(16)33-22/h1,5-12,18-19H,13-15H2,2-3H3,(H2,32,36)(H,34,38)/t18-,19+,29+/m1/s1. The smallest absolute Gasteiger partial charge is 0.248 e. The van der Waals surface area contributed by atoms with Crippen LogP contribution in [0.5, 0.6) is 0 Å². The zero-order chi connectivity index (χ0) is 27.4. The molecule has 3 heterocycles. The summed E-state index contributed by atoms with van der Waals surface area (Å²) in [5.74, 6) is -0.779. The Morgan fingerprint density at radius 2 is 2.03 bits per heavy atom. The van der Waals surface area contributed by atoms with Crippen molar-refractivity contribution in [3.8, 4) is 12.3 Å². The van der Waals surface area contributed by atoms with Crippen LogP contribution >= 0.6 is 0 Å². The van der Waals surface area contributed by atoms with Gasteiger partial charge in [0.15, 0.2) is 0 Å². The Morgan fingerprint density at radius 3 is 2.71 bits per heavy atom. The molecule has 9 heteroatoms. The molecule has 2 aromatic carbocycles. The molecule has 3 N–H and O–H groups in total. The van der Waals surface area contributed by atoms with Gasteiger partial charge in [-0.05, 0) is 56.5 Å². The zero-order valence-electron chi connectivity index (χ0n) is 20.9. The summed E-state index contributed by atoms with van der Waals surface area (Å²) in [7, 11) is 0. The number of nitrogens with one attached hydrogen (secondary N) is 1. The van der Waals surface area contributed by atoms with E-state index in [0.29, 0.717) is 11.1 Å². The van der Waals surface area contributed by atoms with Gasteiger partial charge in [0.25, 0.3) is 0 Å². The maximum atomic E-state index is 15.0. The first-order valence-corrected chi connectivity index (χ1v) is 12.2. The van der Waals surface area contributed by atoms with E-state index in [1.54, 1.807) is 6.07 Å². The van der Waals surface area contributed by atoms with Crippen LogP contribution in [0, 0.1) is 18.2 Å². The van der Waals surface area contributed by atoms with Gasteiger partial charge in [0.1, 0.15) is 17.0 Å². The molecule has 0 bridgehead atoms. The highest BCUT2D eigenvalue weighted by atomic mass is 19.1. The van der Waals surface area contributed by atoms with Crippen molar-refractivity contribution in [1.82, 2.24) is 9.88 Å². The van der Waals surface area contributed by atoms with E-state index in [1.807, 2.05) is 18.2 Å². The van der Waals surface area contributed by atoms with Crippen molar-refractivity contribution in [1.29, 1.82) is 0 Å². The van der Waals surface area contributed by atoms with Crippen LogP contribution < -0.4 is 11.1 Å². The molecule has 3 amide bonds. The number of hydrogen-bond donors (Lipinski definition) is 2. The normalized spacial score (nSPS) is 21.3. The van der Waals surface area contributed by atoms with Crippen molar-refractivity contribution in [2.75, 3.05) is 11.9 Å². The van der Waals surface area contributed by atoms with Gasteiger partial charge in [0, 0.05) is 23.2 Å². The molecule has 2 aliphatic heterocycles. The molecule has 3 aromatic rings. The summed E-state index contributed by atoms with van der Waals surface area (Å²) in [4.78, 5) is 44.5. The van der Waals surface area contributed by atoms with Gasteiger partial charge < -0.3 is 16.0 Å². The third kappa shape index (κ3) is 4.16. The van der Waals surface area contributed by atoms with E-state index in [2.05, 4.69) is 16.2 Å². The number of nitrogens with zero attached hydrogens (tertiary/aromatic N) is 2. The molecule has 1 spiro atoms. The number of hydrogen-bond acceptors (Lipinski definition) is 4. The number of amides is 3. The number of primary amides is 1. The Kier molecular flexibility index (Phi) is 5.94. The third-order valence-electron chi connectivity index (χ3n) is 7.36. The Hall–Kier alpha value is -4.32. The van der Waals surface area contributed by atoms with E-state index < -0.39 is 40.7 Å². The SMILES string of the molecule is C#C[C@@H]1C[C@@]2(CN1C(=O)[C@@H](CC(C)(C)F)c1ccc3cc(C(N)=O)cc(F)c3n1)C(=O)Nc1ccccc12. The average Bonchev–Trinajstić information content (AvgIpc) is 3.39. The monoisotopic (exact) mass is 516 g/mol. The lowest BCUT2D eigenvalue weighted by Crippen LogP contribution is -2.43. The molecule has 0 radical (unpaired) electrons. The lowest BCUT2D eigenvalue weighted by atomic mass is 9.79. The first-order chi connectivity index (χ1) is 17.9. The molecule has 2 aliphatic rings. The fourth-order valence-electron chi connectivity index (χ4n) is 5.57. The van der Waals surface area contributed by atoms with Gasteiger partial charge in [-0.25, -0.2) is 13.8 Å². The Bertz CT molecular complexity index is 1540. The molecule has 38 heavy (non-hydrogen) atoms. The summed E-state index contributed by atoms with van der Waals surface area (Å²) in [6.07, 6.45) is 5.81. The Balaban J connectivity index is 1.56. The molecule has 194 valence electrons. The minimum absolute atomic E-state index is 0.0172. The minimum atomic E-state index is -1.77. The summed E-state index contributed by atoms with van der Waals surface area (Å²) in [5, 5.41) is 3.19. The number of nitrogens with two attached hydrogens (primary N) is 1. The van der Waals surface area contributed by atoms with Crippen LogP contribution in [0.1, 0.15) is 54.2 Å². The highest BCUT2D eigenvalue weighted by molar-refractivity contribution is 6.07. The van der Waals surface area contributed by atoms with Gasteiger partial charge in [0.05, 0.1) is 23.1 Å². The molecule has 5 rings (SSSR count). The maximum absolute atomic E-state index is 15.0. The van der Waals surface area contributed by atoms with Crippen LogP contribution in [0.2, 0.25) is 0 Å². The van der Waals surface area contributed by atoms with Crippen LogP contribution in [-0.4, -0.2) is 45.9 Å². The van der Waals surface area contributed by atoms with Crippen molar-refractivity contribution in [3.05, 3.63) is 71.2 Å². The minimum Gasteiger partial charge on any atom is -0.366 e. The third-order valence-corrected chi connectivity index (χ3v) is 7.36. The summed E-state index contributed by atoms with van der Waals surface area (Å²) in [5.41, 5.74) is 4.00. The fraction of sp³-hybridized carbons (Fsp3) is 0.310. The van der Waals surface area contributed by atoms with Crippen molar-refractivity contribution >= 4 is 34.3 Å². The van der Waals surface area contributed by atoms with Crippen molar-refractivity contribution in [3.63, 3.8) is 0 Å². The number of rotatable bonds is 5. The van der Waals surface area contributed by atoms with E-state index in [-0.39, 0.29) is 42.1 Å². The van der Waals surface area contributed by atoms with Crippen LogP contribution in [-0.2, 0) is 15.0 Å². The molecule has 1 aromatic heterocycles. The first-order valence-electron chi connectivity index (χ1n) is 12.2. The lowest BCUT2D eigenvalue weighted by Gasteiger charge is -2.29. The van der Waals surface area contributed by atoms with Crippen LogP contribution in [0.3, 0.4) is 0 Å². The van der Waals surface area contributed by atoms with E-state index in [0.717, 1.165) is 11.6 Å². The number of terminal acetylenes is 1. The van der Waals surface area contributed by atoms with E-state index in [1.165, 1.54) is 36.9 Å². The largest absolute Gasteiger partial charge is 0.366 e. The fourth-order valence-corrected chi connectivity index (χ4v) is 5.57. The van der Waals surface area contributed by atoms with Gasteiger partial charge in [-0.1, -0.05) is 30.2 Å². The van der Waals surface area contributed by atoms with E-state index in [4.69, 9.17) is 12.2 Å². The summed E-state index contributed by atoms with van der Waals surface area (Å²) < 4.78 is 29.9. The topological polar surface area (TPSA) is 105 Å². The van der Waals surface area contributed by atoms with Crippen LogP contribution in [0.25, 0.3) is 10.9 Å². The number of alkyl halides is 1. The van der Waals surface area contributed by atoms with Gasteiger partial charge in [-0.2, -0.15) is 0 Å². The van der Waals surface area contributed by atoms with Gasteiger partial charge in [-0.3, -0.25) is 14.4 Å². The number of benzene rings is 2. The van der Waals surface area contributed by atoms with Gasteiger partial charge >= 0.3 is 0 Å². The molecule has 1 saturated heterocycles. The number of likely N-dealkylation sites (tertiary alicyclic amines) is 1. The number of fused-ring (bicyclic) bond motifs is 3. The predicted molar refractivity (Wildman–Crippen MR) is 138 cm³/mol. The number of halogens is 2.